The first-order chi connectivity index (χ1) is 6.57. The summed E-state index contributed by atoms with van der Waals surface area (Å²) in [5.74, 6) is 0. The van der Waals surface area contributed by atoms with Gasteiger partial charge in [-0.05, 0) is 12.1 Å². The fourth-order valence-electron chi connectivity index (χ4n) is 0.592. The van der Waals surface area contributed by atoms with E-state index in [4.69, 9.17) is 16.4 Å². The van der Waals surface area contributed by atoms with E-state index in [1.807, 2.05) is 0 Å². The quantitative estimate of drug-likeness (QED) is 0.543. The molecule has 0 fully saturated rings. The Balaban J connectivity index is 0.000000364. The fraction of sp³-hybridized carbons (Fsp3) is 0. The van der Waals surface area contributed by atoms with Crippen LogP contribution in [0.2, 0.25) is 5.02 Å². The third-order valence-electron chi connectivity index (χ3n) is 1.02. The molecule has 0 aromatic heterocycles. The Bertz CT molecular complexity index is 357. The number of carbonyl (C=O) groups is 1. The van der Waals surface area contributed by atoms with E-state index in [-0.39, 0.29) is 0 Å². The molecular weight excluding hydrogens is 206 g/mol. The zero-order chi connectivity index (χ0) is 11.0. The number of amides is 2. The van der Waals surface area contributed by atoms with Crippen LogP contribution in [0.4, 0.5) is 10.5 Å². The van der Waals surface area contributed by atoms with E-state index >= 15 is 0 Å². The molecular formula is C8H8ClN3O2. The van der Waals surface area contributed by atoms with Crippen LogP contribution < -0.4 is 11.5 Å². The first-order valence-corrected chi connectivity index (χ1v) is 3.83. The number of hydrogen-bond donors (Lipinski definition) is 2. The first kappa shape index (κ1) is 12.2. The van der Waals surface area contributed by atoms with Gasteiger partial charge in [-0.1, -0.05) is 23.7 Å². The predicted molar refractivity (Wildman–Crippen MR) is 53.0 cm³/mol. The van der Waals surface area contributed by atoms with Crippen molar-refractivity contribution in [2.24, 2.45) is 16.5 Å². The number of halogens is 1. The number of para-hydroxylation sites is 1. The van der Waals surface area contributed by atoms with Gasteiger partial charge in [0.15, 0.2) is 0 Å². The molecule has 0 saturated carbocycles. The van der Waals surface area contributed by atoms with Gasteiger partial charge in [-0.3, -0.25) is 0 Å². The third kappa shape index (κ3) is 5.77. The Kier molecular flexibility index (Phi) is 5.78. The predicted octanol–water partition coefficient (Wildman–Crippen LogP) is 1.33. The van der Waals surface area contributed by atoms with Crippen LogP contribution in [0, 0.1) is 0 Å². The summed E-state index contributed by atoms with van der Waals surface area (Å²) in [5.41, 5.74) is 8.96. The summed E-state index contributed by atoms with van der Waals surface area (Å²) in [6.07, 6.45) is 1.42. The summed E-state index contributed by atoms with van der Waals surface area (Å²) in [6, 6.07) is 6.00. The van der Waals surface area contributed by atoms with E-state index in [2.05, 4.69) is 16.5 Å². The van der Waals surface area contributed by atoms with Crippen molar-refractivity contribution in [2.75, 3.05) is 0 Å². The topological polar surface area (TPSA) is 98.5 Å². The van der Waals surface area contributed by atoms with Crippen molar-refractivity contribution in [3.8, 4) is 0 Å². The minimum absolute atomic E-state index is 0.458. The maximum atomic E-state index is 9.78. The molecule has 1 rings (SSSR count). The van der Waals surface area contributed by atoms with Gasteiger partial charge in [0.1, 0.15) is 0 Å². The van der Waals surface area contributed by atoms with E-state index in [1.165, 1.54) is 6.08 Å². The summed E-state index contributed by atoms with van der Waals surface area (Å²) >= 11 is 5.63. The average molecular weight is 214 g/mol. The molecule has 1 aromatic carbocycles. The molecule has 0 aliphatic heterocycles. The zero-order valence-corrected chi connectivity index (χ0v) is 7.86. The number of urea groups is 1. The lowest BCUT2D eigenvalue weighted by atomic mass is 10.3. The number of primary amides is 2. The largest absolute Gasteiger partial charge is 0.352 e. The molecule has 0 bridgehead atoms. The molecule has 0 aliphatic carbocycles. The van der Waals surface area contributed by atoms with Gasteiger partial charge >= 0.3 is 6.03 Å². The molecule has 0 saturated heterocycles. The van der Waals surface area contributed by atoms with Crippen LogP contribution in [-0.2, 0) is 4.79 Å². The van der Waals surface area contributed by atoms with Crippen LogP contribution in [0.15, 0.2) is 29.3 Å². The summed E-state index contributed by atoms with van der Waals surface area (Å²) in [7, 11) is 0. The second-order valence-corrected chi connectivity index (χ2v) is 2.46. The molecule has 0 radical (unpaired) electrons. The van der Waals surface area contributed by atoms with Gasteiger partial charge in [0.05, 0.1) is 10.7 Å². The van der Waals surface area contributed by atoms with Crippen molar-refractivity contribution < 1.29 is 9.59 Å². The molecule has 5 nitrogen and oxygen atoms in total. The van der Waals surface area contributed by atoms with Crippen LogP contribution in [0.1, 0.15) is 0 Å². The highest BCUT2D eigenvalue weighted by Crippen LogP contribution is 2.22. The molecule has 0 unspecified atom stereocenters. The van der Waals surface area contributed by atoms with Crippen molar-refractivity contribution >= 4 is 29.4 Å². The minimum Gasteiger partial charge on any atom is -0.352 e. The first-order valence-electron chi connectivity index (χ1n) is 3.45. The molecule has 2 amide bonds. The summed E-state index contributed by atoms with van der Waals surface area (Å²) in [6.45, 7) is 0. The Morgan fingerprint density at radius 1 is 1.36 bits per heavy atom. The molecule has 74 valence electrons. The number of hydrogen-bond acceptors (Lipinski definition) is 3. The molecule has 0 aliphatic rings. The number of nitrogens with two attached hydrogens (primary N) is 2. The molecule has 1 aromatic rings. The molecule has 0 spiro atoms. The van der Waals surface area contributed by atoms with Crippen LogP contribution in [0.25, 0.3) is 0 Å². The van der Waals surface area contributed by atoms with Crippen molar-refractivity contribution in [1.82, 2.24) is 0 Å². The second kappa shape index (κ2) is 6.65. The van der Waals surface area contributed by atoms with Crippen molar-refractivity contribution in [1.29, 1.82) is 0 Å². The lowest BCUT2D eigenvalue weighted by Gasteiger charge is -1.90. The maximum absolute atomic E-state index is 9.78. The van der Waals surface area contributed by atoms with Crippen molar-refractivity contribution in [3.05, 3.63) is 29.3 Å². The number of rotatable bonds is 1. The number of nitrogens with zero attached hydrogens (tertiary/aromatic N) is 1. The van der Waals surface area contributed by atoms with Gasteiger partial charge in [0.25, 0.3) is 0 Å². The monoisotopic (exact) mass is 213 g/mol. The third-order valence-corrected chi connectivity index (χ3v) is 1.34. The summed E-state index contributed by atoms with van der Waals surface area (Å²) in [4.78, 5) is 22.1. The lowest BCUT2D eigenvalue weighted by molar-refractivity contribution is 0.256. The highest BCUT2D eigenvalue weighted by Gasteiger charge is 1.92. The maximum Gasteiger partial charge on any atom is 0.309 e. The highest BCUT2D eigenvalue weighted by molar-refractivity contribution is 6.33. The zero-order valence-electron chi connectivity index (χ0n) is 7.11. The molecule has 14 heavy (non-hydrogen) atoms. The van der Waals surface area contributed by atoms with E-state index in [0.29, 0.717) is 10.7 Å². The van der Waals surface area contributed by atoms with Gasteiger partial charge in [-0.2, -0.15) is 4.99 Å². The Morgan fingerprint density at radius 2 is 1.86 bits per heavy atom. The average Bonchev–Trinajstić information content (AvgIpc) is 2.08. The van der Waals surface area contributed by atoms with Gasteiger partial charge in [-0.15, -0.1) is 0 Å². The number of carbonyl (C=O) groups excluding carboxylic acids is 2. The van der Waals surface area contributed by atoms with E-state index in [0.717, 1.165) is 0 Å². The second-order valence-electron chi connectivity index (χ2n) is 2.06. The minimum atomic E-state index is -0.833. The van der Waals surface area contributed by atoms with Crippen LogP contribution in [0.3, 0.4) is 0 Å². The van der Waals surface area contributed by atoms with Gasteiger partial charge < -0.3 is 11.5 Å². The van der Waals surface area contributed by atoms with Crippen LogP contribution in [0.5, 0.6) is 0 Å². The summed E-state index contributed by atoms with van der Waals surface area (Å²) < 4.78 is 0. The lowest BCUT2D eigenvalue weighted by Crippen LogP contribution is -2.18. The van der Waals surface area contributed by atoms with Crippen molar-refractivity contribution in [3.63, 3.8) is 0 Å². The fourth-order valence-corrected chi connectivity index (χ4v) is 0.770. The molecule has 0 heterocycles. The normalized spacial score (nSPS) is 7.79. The number of benzene rings is 1. The molecule has 6 heteroatoms. The molecule has 0 atom stereocenters. The van der Waals surface area contributed by atoms with E-state index in [1.54, 1.807) is 24.3 Å². The van der Waals surface area contributed by atoms with Gasteiger partial charge in [0, 0.05) is 0 Å². The number of isocyanates is 1. The Morgan fingerprint density at radius 3 is 2.29 bits per heavy atom. The summed E-state index contributed by atoms with van der Waals surface area (Å²) in [5, 5.41) is 0.464. The highest BCUT2D eigenvalue weighted by atomic mass is 35.5. The molecule has 4 N–H and O–H groups in total. The van der Waals surface area contributed by atoms with Gasteiger partial charge in [0.2, 0.25) is 6.08 Å². The van der Waals surface area contributed by atoms with Gasteiger partial charge in [-0.25, -0.2) is 9.59 Å². The van der Waals surface area contributed by atoms with Crippen LogP contribution in [-0.4, -0.2) is 12.1 Å². The van der Waals surface area contributed by atoms with Crippen LogP contribution >= 0.6 is 11.6 Å². The van der Waals surface area contributed by atoms with Crippen molar-refractivity contribution in [2.45, 2.75) is 0 Å². The number of aliphatic imine (C=N–C) groups is 1. The SMILES string of the molecule is NC(N)=O.O=C=Nc1ccccc1Cl. The van der Waals surface area contributed by atoms with E-state index in [9.17, 15) is 4.79 Å². The van der Waals surface area contributed by atoms with E-state index < -0.39 is 6.03 Å². The smallest absolute Gasteiger partial charge is 0.309 e. The standard InChI is InChI=1S/C7H4ClNO.CH4N2O/c8-6-3-1-2-4-7(6)9-5-10;2-1(3)4/h1-4H;(H4,2,3,4). The Hall–Kier alpha value is -1.84. The Labute approximate surface area is 85.4 Å².